The number of hydrogen-bond acceptors (Lipinski definition) is 3. The van der Waals surface area contributed by atoms with Gasteiger partial charge in [-0.05, 0) is 62.7 Å². The minimum absolute atomic E-state index is 0.382. The van der Waals surface area contributed by atoms with E-state index in [1.165, 1.54) is 50.8 Å². The van der Waals surface area contributed by atoms with Gasteiger partial charge in [0.1, 0.15) is 11.6 Å². The number of fused-ring (bicyclic) bond motifs is 3. The van der Waals surface area contributed by atoms with Gasteiger partial charge < -0.3 is 9.47 Å². The molecular formula is C21H32N4O. The van der Waals surface area contributed by atoms with Crippen LogP contribution in [0.3, 0.4) is 0 Å². The molecule has 2 aliphatic carbocycles. The average molecular weight is 357 g/mol. The minimum atomic E-state index is 0.382. The Bertz CT molecular complexity index is 669. The lowest BCUT2D eigenvalue weighted by molar-refractivity contribution is -0.133. The van der Waals surface area contributed by atoms with Crippen LogP contribution in [0, 0.1) is 17.8 Å². The lowest BCUT2D eigenvalue weighted by atomic mass is 9.85. The second-order valence-electron chi connectivity index (χ2n) is 9.25. The van der Waals surface area contributed by atoms with Crippen LogP contribution in [0.15, 0.2) is 0 Å². The maximum atomic E-state index is 13.0. The first kappa shape index (κ1) is 16.8. The van der Waals surface area contributed by atoms with Crippen molar-refractivity contribution in [3.05, 3.63) is 11.6 Å². The van der Waals surface area contributed by atoms with Gasteiger partial charge in [-0.15, -0.1) is 10.2 Å². The van der Waals surface area contributed by atoms with E-state index in [4.69, 9.17) is 0 Å². The van der Waals surface area contributed by atoms with E-state index < -0.39 is 0 Å². The van der Waals surface area contributed by atoms with E-state index in [-0.39, 0.29) is 0 Å². The van der Waals surface area contributed by atoms with Gasteiger partial charge in [-0.25, -0.2) is 0 Å². The average Bonchev–Trinajstić information content (AvgIpc) is 3.34. The summed E-state index contributed by atoms with van der Waals surface area (Å²) in [4.78, 5) is 15.1. The molecule has 1 aromatic heterocycles. The lowest BCUT2D eigenvalue weighted by Crippen LogP contribution is -2.40. The highest BCUT2D eigenvalue weighted by Gasteiger charge is 2.41. The van der Waals surface area contributed by atoms with Crippen LogP contribution in [0.4, 0.5) is 0 Å². The predicted octanol–water partition coefficient (Wildman–Crippen LogP) is 3.54. The van der Waals surface area contributed by atoms with Crippen LogP contribution < -0.4 is 0 Å². The summed E-state index contributed by atoms with van der Waals surface area (Å²) >= 11 is 0. The van der Waals surface area contributed by atoms with Gasteiger partial charge in [0.05, 0.1) is 0 Å². The number of aromatic nitrogens is 3. The Kier molecular flexibility index (Phi) is 4.49. The summed E-state index contributed by atoms with van der Waals surface area (Å²) in [6.45, 7) is 2.86. The molecule has 26 heavy (non-hydrogen) atoms. The van der Waals surface area contributed by atoms with Crippen LogP contribution in [-0.4, -0.2) is 38.7 Å². The number of piperidine rings is 1. The van der Waals surface area contributed by atoms with Crippen molar-refractivity contribution in [1.82, 2.24) is 19.7 Å². The van der Waals surface area contributed by atoms with Crippen molar-refractivity contribution in [2.24, 2.45) is 17.8 Å². The van der Waals surface area contributed by atoms with Gasteiger partial charge in [-0.2, -0.15) is 0 Å². The zero-order valence-corrected chi connectivity index (χ0v) is 15.9. The first-order chi connectivity index (χ1) is 12.8. The SMILES string of the molecule is O=C(CC1CC2CCC1C2)N1CCCC(c2nnc3n2CCCCC3)C1. The Morgan fingerprint density at radius 2 is 1.96 bits per heavy atom. The standard InChI is InChI=1S/C21H32N4O/c26-20(13-18-12-15-7-8-16(18)11-15)24-9-4-5-17(14-24)21-23-22-19-6-2-1-3-10-25(19)21/h15-18H,1-14H2. The molecule has 0 aromatic carbocycles. The molecule has 5 nitrogen and oxygen atoms in total. The molecule has 5 rings (SSSR count). The van der Waals surface area contributed by atoms with Gasteiger partial charge in [-0.1, -0.05) is 12.8 Å². The smallest absolute Gasteiger partial charge is 0.222 e. The fourth-order valence-corrected chi connectivity index (χ4v) is 6.20. The number of carbonyl (C=O) groups is 1. The summed E-state index contributed by atoms with van der Waals surface area (Å²) in [6.07, 6.45) is 13.4. The highest BCUT2D eigenvalue weighted by atomic mass is 16.2. The zero-order chi connectivity index (χ0) is 17.5. The van der Waals surface area contributed by atoms with Gasteiger partial charge >= 0.3 is 0 Å². The van der Waals surface area contributed by atoms with Crippen molar-refractivity contribution in [3.8, 4) is 0 Å². The van der Waals surface area contributed by atoms with Crippen molar-refractivity contribution in [2.75, 3.05) is 13.1 Å². The summed E-state index contributed by atoms with van der Waals surface area (Å²) in [5.74, 6) is 5.55. The van der Waals surface area contributed by atoms with E-state index >= 15 is 0 Å². The molecule has 4 unspecified atom stereocenters. The van der Waals surface area contributed by atoms with Crippen LogP contribution in [-0.2, 0) is 17.8 Å². The molecule has 2 aliphatic heterocycles. The third-order valence-electron chi connectivity index (χ3n) is 7.60. The van der Waals surface area contributed by atoms with E-state index in [9.17, 15) is 4.79 Å². The number of amides is 1. The predicted molar refractivity (Wildman–Crippen MR) is 99.7 cm³/mol. The van der Waals surface area contributed by atoms with E-state index in [1.807, 2.05) is 0 Å². The fourth-order valence-electron chi connectivity index (χ4n) is 6.20. The number of likely N-dealkylation sites (tertiary alicyclic amines) is 1. The van der Waals surface area contributed by atoms with Crippen LogP contribution in [0.1, 0.15) is 81.8 Å². The number of nitrogens with zero attached hydrogens (tertiary/aromatic N) is 4. The summed E-state index contributed by atoms with van der Waals surface area (Å²) in [6, 6.07) is 0. The largest absolute Gasteiger partial charge is 0.342 e. The van der Waals surface area contributed by atoms with E-state index in [0.717, 1.165) is 63.0 Å². The molecule has 0 spiro atoms. The normalized spacial score (nSPS) is 33.9. The number of hydrogen-bond donors (Lipinski definition) is 0. The molecule has 5 heteroatoms. The third-order valence-corrected chi connectivity index (χ3v) is 7.60. The van der Waals surface area contributed by atoms with Crippen LogP contribution in [0.25, 0.3) is 0 Å². The maximum Gasteiger partial charge on any atom is 0.222 e. The number of carbonyl (C=O) groups excluding carboxylic acids is 1. The van der Waals surface area contributed by atoms with Gasteiger partial charge in [0.25, 0.3) is 0 Å². The molecule has 4 aliphatic rings. The van der Waals surface area contributed by atoms with Crippen molar-refractivity contribution in [3.63, 3.8) is 0 Å². The van der Waals surface area contributed by atoms with Gasteiger partial charge in [0, 0.05) is 38.4 Å². The highest BCUT2D eigenvalue weighted by Crippen LogP contribution is 2.49. The first-order valence-electron chi connectivity index (χ1n) is 11.0. The Hall–Kier alpha value is -1.39. The van der Waals surface area contributed by atoms with Crippen LogP contribution >= 0.6 is 0 Å². The Morgan fingerprint density at radius 1 is 1.00 bits per heavy atom. The maximum absolute atomic E-state index is 13.0. The van der Waals surface area contributed by atoms with Gasteiger partial charge in [-0.3, -0.25) is 4.79 Å². The molecule has 2 bridgehead atoms. The zero-order valence-electron chi connectivity index (χ0n) is 15.9. The van der Waals surface area contributed by atoms with E-state index in [2.05, 4.69) is 19.7 Å². The molecule has 1 amide bonds. The first-order valence-corrected chi connectivity index (χ1v) is 11.0. The molecule has 0 radical (unpaired) electrons. The van der Waals surface area contributed by atoms with E-state index in [0.29, 0.717) is 17.7 Å². The molecule has 142 valence electrons. The van der Waals surface area contributed by atoms with E-state index in [1.54, 1.807) is 0 Å². The van der Waals surface area contributed by atoms with Crippen molar-refractivity contribution in [1.29, 1.82) is 0 Å². The topological polar surface area (TPSA) is 51.0 Å². The third kappa shape index (κ3) is 3.07. The molecule has 2 saturated carbocycles. The molecule has 1 aromatic rings. The molecular weight excluding hydrogens is 324 g/mol. The minimum Gasteiger partial charge on any atom is -0.342 e. The summed E-state index contributed by atoms with van der Waals surface area (Å²) < 4.78 is 2.38. The second-order valence-corrected chi connectivity index (χ2v) is 9.25. The lowest BCUT2D eigenvalue weighted by Gasteiger charge is -2.34. The molecule has 1 saturated heterocycles. The second kappa shape index (κ2) is 6.97. The fraction of sp³-hybridized carbons (Fsp3) is 0.857. The van der Waals surface area contributed by atoms with Crippen molar-refractivity contribution < 1.29 is 4.79 Å². The number of aryl methyl sites for hydroxylation is 1. The van der Waals surface area contributed by atoms with Crippen molar-refractivity contribution in [2.45, 2.75) is 83.1 Å². The van der Waals surface area contributed by atoms with Gasteiger partial charge in [0.15, 0.2) is 0 Å². The van der Waals surface area contributed by atoms with Gasteiger partial charge in [0.2, 0.25) is 5.91 Å². The van der Waals surface area contributed by atoms with Crippen LogP contribution in [0.5, 0.6) is 0 Å². The highest BCUT2D eigenvalue weighted by molar-refractivity contribution is 5.76. The quantitative estimate of drug-likeness (QED) is 0.832. The van der Waals surface area contributed by atoms with Crippen molar-refractivity contribution >= 4 is 5.91 Å². The molecule has 4 atom stereocenters. The molecule has 0 N–H and O–H groups in total. The molecule has 3 heterocycles. The summed E-state index contributed by atoms with van der Waals surface area (Å²) in [5.41, 5.74) is 0. The number of rotatable bonds is 3. The monoisotopic (exact) mass is 356 g/mol. The molecule has 3 fully saturated rings. The van der Waals surface area contributed by atoms with Crippen LogP contribution in [0.2, 0.25) is 0 Å². The summed E-state index contributed by atoms with van der Waals surface area (Å²) in [5, 5.41) is 9.05. The Labute approximate surface area is 156 Å². The summed E-state index contributed by atoms with van der Waals surface area (Å²) in [7, 11) is 0. The Balaban J connectivity index is 1.25. The Morgan fingerprint density at radius 3 is 2.81 bits per heavy atom.